The molecule has 0 bridgehead atoms. The van der Waals surface area contributed by atoms with E-state index in [-0.39, 0.29) is 82.5 Å². The number of β-amino-alcohol motifs (C(OH)–C–C–N with tert-alkyl or cyclic N) is 1. The molecule has 10 N–H and O–H groups in total. The van der Waals surface area contributed by atoms with Crippen LogP contribution in [0.3, 0.4) is 0 Å². The standard InChI is InChI=1S/C53H67N13O9S/c1-32-46(76-31-61-32)36-11-7-34(8-12-36)27-60-50(71)42-25-37(67)30-66(42)52(73)47(53(2,3)4)64-44(69)16-21-74-22-18-57-43(68)14-13-38(54)49(70)59-26-33-5-9-35(10-6-33)39-29-58-48(55)45(62-39)51(72)63-40-28-56-17-15-41(40)65-19-23-75-24-20-65/h5-12,15,17,28-29,31,37-38,42,47,67H,13-14,16,18-27,30,54H2,1-4H3,(H2,55,58)(H,57,68)(H,59,70)(H,60,71)(H,63,72)(H,64,69)/t37-,38+,42+,47-/m1/s1. The zero-order valence-corrected chi connectivity index (χ0v) is 44.0. The summed E-state index contributed by atoms with van der Waals surface area (Å²) < 4.78 is 11.0. The van der Waals surface area contributed by atoms with Crippen molar-refractivity contribution in [1.82, 2.24) is 46.1 Å². The van der Waals surface area contributed by atoms with E-state index >= 15 is 0 Å². The number of nitrogens with two attached hydrogens (primary N) is 2. The molecule has 2 aliphatic heterocycles. The van der Waals surface area contributed by atoms with E-state index in [0.717, 1.165) is 32.9 Å². The molecule has 2 aromatic carbocycles. The zero-order chi connectivity index (χ0) is 54.4. The number of pyridine rings is 1. The molecule has 0 saturated carbocycles. The van der Waals surface area contributed by atoms with Crippen LogP contribution in [0.15, 0.2) is 78.7 Å². The number of aliphatic hydroxyl groups excluding tert-OH is 1. The molecule has 5 aromatic rings. The van der Waals surface area contributed by atoms with Crippen LogP contribution in [-0.4, -0.2) is 142 Å². The van der Waals surface area contributed by atoms with Crippen LogP contribution in [0.5, 0.6) is 0 Å². The first-order chi connectivity index (χ1) is 36.4. The molecule has 2 saturated heterocycles. The lowest BCUT2D eigenvalue weighted by molar-refractivity contribution is -0.144. The molecule has 0 spiro atoms. The minimum Gasteiger partial charge on any atom is -0.391 e. The fourth-order valence-electron chi connectivity index (χ4n) is 8.61. The van der Waals surface area contributed by atoms with Crippen LogP contribution in [-0.2, 0) is 46.5 Å². The van der Waals surface area contributed by atoms with Gasteiger partial charge in [0.15, 0.2) is 11.5 Å². The molecular weight excluding hydrogens is 995 g/mol. The highest BCUT2D eigenvalue weighted by Crippen LogP contribution is 2.30. The number of aliphatic hydroxyl groups is 1. The lowest BCUT2D eigenvalue weighted by Gasteiger charge is -2.35. The van der Waals surface area contributed by atoms with Crippen LogP contribution in [0, 0.1) is 12.3 Å². The lowest BCUT2D eigenvalue weighted by atomic mass is 9.85. The van der Waals surface area contributed by atoms with Crippen LogP contribution >= 0.6 is 11.3 Å². The van der Waals surface area contributed by atoms with E-state index in [0.29, 0.717) is 43.2 Å². The number of benzene rings is 2. The molecule has 6 amide bonds. The molecular formula is C53H67N13O9S. The number of ether oxygens (including phenoxy) is 2. The summed E-state index contributed by atoms with van der Waals surface area (Å²) in [7, 11) is 0. The third kappa shape index (κ3) is 15.3. The van der Waals surface area contributed by atoms with Crippen LogP contribution in [0.4, 0.5) is 17.2 Å². The third-order valence-corrected chi connectivity index (χ3v) is 13.9. The second-order valence-electron chi connectivity index (χ2n) is 19.7. The van der Waals surface area contributed by atoms with E-state index in [2.05, 4.69) is 51.4 Å². The van der Waals surface area contributed by atoms with Gasteiger partial charge in [-0.15, -0.1) is 11.3 Å². The van der Waals surface area contributed by atoms with Crippen molar-refractivity contribution in [2.24, 2.45) is 11.1 Å². The number of rotatable bonds is 22. The van der Waals surface area contributed by atoms with Gasteiger partial charge >= 0.3 is 0 Å². The summed E-state index contributed by atoms with van der Waals surface area (Å²) in [6, 6.07) is 13.9. The Bertz CT molecular complexity index is 2820. The Morgan fingerprint density at radius 1 is 0.882 bits per heavy atom. The summed E-state index contributed by atoms with van der Waals surface area (Å²) >= 11 is 1.56. The Morgan fingerprint density at radius 2 is 1.58 bits per heavy atom. The Hall–Kier alpha value is -7.44. The smallest absolute Gasteiger partial charge is 0.278 e. The number of morpholine rings is 1. The van der Waals surface area contributed by atoms with E-state index in [9.17, 15) is 33.9 Å². The Balaban J connectivity index is 0.776. The first kappa shape index (κ1) is 56.3. The molecule has 2 fully saturated rings. The summed E-state index contributed by atoms with van der Waals surface area (Å²) in [5.41, 5.74) is 19.3. The van der Waals surface area contributed by atoms with E-state index < -0.39 is 59.2 Å². The van der Waals surface area contributed by atoms with Gasteiger partial charge in [0.2, 0.25) is 29.5 Å². The van der Waals surface area contributed by atoms with Gasteiger partial charge in [0.25, 0.3) is 5.91 Å². The molecule has 4 atom stereocenters. The van der Waals surface area contributed by atoms with Gasteiger partial charge in [-0.3, -0.25) is 33.8 Å². The molecule has 2 aliphatic rings. The van der Waals surface area contributed by atoms with E-state index in [1.807, 2.05) is 58.0 Å². The predicted octanol–water partition coefficient (Wildman–Crippen LogP) is 2.70. The van der Waals surface area contributed by atoms with Crippen molar-refractivity contribution in [3.8, 4) is 21.7 Å². The van der Waals surface area contributed by atoms with E-state index in [4.69, 9.17) is 20.9 Å². The summed E-state index contributed by atoms with van der Waals surface area (Å²) in [5, 5.41) is 24.7. The summed E-state index contributed by atoms with van der Waals surface area (Å²) in [5.74, 6) is -2.64. The number of amides is 6. The minimum absolute atomic E-state index is 0.00745. The van der Waals surface area contributed by atoms with Crippen LogP contribution in [0.25, 0.3) is 21.7 Å². The lowest BCUT2D eigenvalue weighted by Crippen LogP contribution is -2.57. The molecule has 76 heavy (non-hydrogen) atoms. The van der Waals surface area contributed by atoms with Crippen LogP contribution < -0.4 is 43.0 Å². The Morgan fingerprint density at radius 3 is 2.26 bits per heavy atom. The van der Waals surface area contributed by atoms with E-state index in [1.54, 1.807) is 53.5 Å². The van der Waals surface area contributed by atoms with Crippen LogP contribution in [0.2, 0.25) is 0 Å². The number of aryl methyl sites for hydroxylation is 1. The van der Waals surface area contributed by atoms with Crippen molar-refractivity contribution in [3.05, 3.63) is 101 Å². The second kappa shape index (κ2) is 26.4. The number of carbonyl (C=O) groups excluding carboxylic acids is 6. The molecule has 22 nitrogen and oxygen atoms in total. The number of thiazole rings is 1. The van der Waals surface area contributed by atoms with Crippen molar-refractivity contribution in [3.63, 3.8) is 0 Å². The first-order valence-electron chi connectivity index (χ1n) is 25.2. The maximum Gasteiger partial charge on any atom is 0.278 e. The molecule has 0 radical (unpaired) electrons. The quantitative estimate of drug-likeness (QED) is 0.0462. The molecule has 7 rings (SSSR count). The van der Waals surface area contributed by atoms with Gasteiger partial charge in [-0.25, -0.2) is 15.0 Å². The highest BCUT2D eigenvalue weighted by atomic mass is 32.1. The van der Waals surface area contributed by atoms with Crippen LogP contribution in [0.1, 0.15) is 73.8 Å². The monoisotopic (exact) mass is 1060 g/mol. The van der Waals surface area contributed by atoms with Gasteiger partial charge in [0.1, 0.15) is 12.1 Å². The number of nitrogens with zero attached hydrogens (tertiary/aromatic N) is 6. The number of likely N-dealkylation sites (tertiary alicyclic amines) is 1. The van der Waals surface area contributed by atoms with Crippen molar-refractivity contribution in [2.45, 2.75) is 90.7 Å². The average molecular weight is 1060 g/mol. The van der Waals surface area contributed by atoms with Gasteiger partial charge in [0, 0.05) is 70.3 Å². The number of hydrogen-bond acceptors (Lipinski definition) is 17. The molecule has 3 aromatic heterocycles. The SMILES string of the molecule is Cc1ncsc1-c1ccc(CNC(=O)[C@@H]2C[C@@H](O)CN2C(=O)[C@@H](NC(=O)CCOCCNC(=O)CC[C@H](N)C(=O)NCc2ccc(-c3cnc(N)c(C(=O)Nc4cnccc4N4CCOCC4)n3)cc2)C(C)(C)C)cc1. The average Bonchev–Trinajstić information content (AvgIpc) is 4.04. The summed E-state index contributed by atoms with van der Waals surface area (Å²) in [4.78, 5) is 101. The number of nitrogen functional groups attached to an aromatic ring is 1. The van der Waals surface area contributed by atoms with E-state index in [1.165, 1.54) is 11.1 Å². The predicted molar refractivity (Wildman–Crippen MR) is 286 cm³/mol. The Kier molecular flexibility index (Phi) is 19.5. The van der Waals surface area contributed by atoms with Gasteiger partial charge < -0.3 is 62.4 Å². The van der Waals surface area contributed by atoms with Gasteiger partial charge in [0.05, 0.1) is 84.1 Å². The van der Waals surface area contributed by atoms with Crippen molar-refractivity contribution < 1.29 is 43.3 Å². The molecule has 404 valence electrons. The number of hydrogen-bond donors (Lipinski definition) is 8. The minimum atomic E-state index is -0.993. The number of nitrogens with one attached hydrogen (secondary N) is 5. The number of anilines is 3. The maximum absolute atomic E-state index is 14.0. The fraction of sp³-hybridized carbons (Fsp3) is 0.434. The molecule has 0 unspecified atom stereocenters. The van der Waals surface area contributed by atoms with Crippen molar-refractivity contribution in [1.29, 1.82) is 0 Å². The van der Waals surface area contributed by atoms with Gasteiger partial charge in [-0.05, 0) is 41.5 Å². The third-order valence-electron chi connectivity index (χ3n) is 12.9. The topological polar surface area (TPSA) is 311 Å². The molecule has 23 heteroatoms. The zero-order valence-electron chi connectivity index (χ0n) is 43.2. The second-order valence-corrected chi connectivity index (χ2v) is 20.5. The largest absolute Gasteiger partial charge is 0.391 e. The highest BCUT2D eigenvalue weighted by Gasteiger charge is 2.44. The number of aromatic nitrogens is 4. The summed E-state index contributed by atoms with van der Waals surface area (Å²) in [6.07, 6.45) is 3.89. The van der Waals surface area contributed by atoms with Gasteiger partial charge in [-0.2, -0.15) is 0 Å². The Labute approximate surface area is 445 Å². The fourth-order valence-corrected chi connectivity index (χ4v) is 9.42. The van der Waals surface area contributed by atoms with Crippen molar-refractivity contribution >= 4 is 64.0 Å². The highest BCUT2D eigenvalue weighted by molar-refractivity contribution is 7.13. The van der Waals surface area contributed by atoms with Crippen molar-refractivity contribution in [2.75, 3.05) is 68.6 Å². The summed E-state index contributed by atoms with van der Waals surface area (Å²) in [6.45, 7) is 10.5. The molecule has 5 heterocycles. The first-order valence-corrected chi connectivity index (χ1v) is 26.1. The van der Waals surface area contributed by atoms with Gasteiger partial charge in [-0.1, -0.05) is 69.3 Å². The normalized spacial score (nSPS) is 16.3. The molecule has 0 aliphatic carbocycles. The maximum atomic E-state index is 14.0. The number of carbonyl (C=O) groups is 6.